The number of hydrogen-bond donors (Lipinski definition) is 2. The number of nitrogens with one attached hydrogen (secondary N) is 1. The molecule has 1 aliphatic rings. The normalized spacial score (nSPS) is 16.4. The van der Waals surface area contributed by atoms with Gasteiger partial charge < -0.3 is 20.2 Å². The maximum absolute atomic E-state index is 12.9. The lowest BCUT2D eigenvalue weighted by atomic mass is 10.0. The molecule has 6 nitrogen and oxygen atoms in total. The van der Waals surface area contributed by atoms with Crippen molar-refractivity contribution in [2.45, 2.75) is 51.1 Å². The Morgan fingerprint density at radius 1 is 1.26 bits per heavy atom. The largest absolute Gasteiger partial charge is 0.395 e. The van der Waals surface area contributed by atoms with E-state index in [-0.39, 0.29) is 18.4 Å². The highest BCUT2D eigenvalue weighted by atomic mass is 16.3. The van der Waals surface area contributed by atoms with Crippen LogP contribution in [0.2, 0.25) is 0 Å². The van der Waals surface area contributed by atoms with Crippen LogP contribution in [-0.2, 0) is 16.0 Å². The van der Waals surface area contributed by atoms with Gasteiger partial charge >= 0.3 is 0 Å². The number of aliphatic hydroxyl groups excluding tert-OH is 1. The Hall–Kier alpha value is -1.92. The van der Waals surface area contributed by atoms with Crippen LogP contribution in [-0.4, -0.2) is 72.1 Å². The lowest BCUT2D eigenvalue weighted by molar-refractivity contribution is -0.137. The molecule has 0 aliphatic carbocycles. The molecule has 0 aromatic heterocycles. The van der Waals surface area contributed by atoms with Crippen molar-refractivity contribution in [3.8, 4) is 0 Å². The zero-order valence-electron chi connectivity index (χ0n) is 16.6. The standard InChI is InChI=1S/C21H33N3O3/c1-3-7-19(22-20(26)16-17-8-5-4-6-9-17)21(27)24-12-10-18(11-13-24)23(2)14-15-25/h4-6,8-9,18-19,25H,3,7,10-16H2,1-2H3,(H,22,26). The summed E-state index contributed by atoms with van der Waals surface area (Å²) in [6.45, 7) is 4.25. The third kappa shape index (κ3) is 6.63. The van der Waals surface area contributed by atoms with Gasteiger partial charge in [0.1, 0.15) is 6.04 Å². The van der Waals surface area contributed by atoms with Gasteiger partial charge in [-0.3, -0.25) is 9.59 Å². The van der Waals surface area contributed by atoms with Crippen LogP contribution in [0.3, 0.4) is 0 Å². The van der Waals surface area contributed by atoms with E-state index in [4.69, 9.17) is 5.11 Å². The Kier molecular flexibility index (Phi) is 8.75. The second kappa shape index (κ2) is 11.0. The second-order valence-electron chi connectivity index (χ2n) is 7.33. The van der Waals surface area contributed by atoms with Crippen LogP contribution in [0.5, 0.6) is 0 Å². The average Bonchev–Trinajstić information content (AvgIpc) is 2.68. The molecule has 0 spiro atoms. The van der Waals surface area contributed by atoms with Gasteiger partial charge in [0.05, 0.1) is 13.0 Å². The summed E-state index contributed by atoms with van der Waals surface area (Å²) in [6.07, 6.45) is 3.60. The second-order valence-corrected chi connectivity index (χ2v) is 7.33. The minimum atomic E-state index is -0.446. The molecule has 1 unspecified atom stereocenters. The molecule has 1 aliphatic heterocycles. The van der Waals surface area contributed by atoms with Crippen LogP contribution in [0.15, 0.2) is 30.3 Å². The number of likely N-dealkylation sites (tertiary alicyclic amines) is 1. The summed E-state index contributed by atoms with van der Waals surface area (Å²) in [7, 11) is 2.02. The fourth-order valence-electron chi connectivity index (χ4n) is 3.66. The smallest absolute Gasteiger partial charge is 0.245 e. The summed E-state index contributed by atoms with van der Waals surface area (Å²) in [5, 5.41) is 12.0. The van der Waals surface area contributed by atoms with E-state index in [1.807, 2.05) is 49.2 Å². The highest BCUT2D eigenvalue weighted by molar-refractivity contribution is 5.88. The van der Waals surface area contributed by atoms with E-state index in [9.17, 15) is 9.59 Å². The van der Waals surface area contributed by atoms with Crippen molar-refractivity contribution in [3.05, 3.63) is 35.9 Å². The molecule has 1 heterocycles. The first-order valence-corrected chi connectivity index (χ1v) is 9.98. The van der Waals surface area contributed by atoms with Gasteiger partial charge in [-0.05, 0) is 31.9 Å². The minimum absolute atomic E-state index is 0.0292. The van der Waals surface area contributed by atoms with Gasteiger partial charge in [-0.15, -0.1) is 0 Å². The van der Waals surface area contributed by atoms with Gasteiger partial charge in [-0.2, -0.15) is 0 Å². The summed E-state index contributed by atoms with van der Waals surface area (Å²) in [5.74, 6) is -0.0768. The third-order valence-corrected chi connectivity index (χ3v) is 5.27. The lowest BCUT2D eigenvalue weighted by Crippen LogP contribution is -2.53. The van der Waals surface area contributed by atoms with Crippen LogP contribution in [0.4, 0.5) is 0 Å². The van der Waals surface area contributed by atoms with E-state index >= 15 is 0 Å². The number of carbonyl (C=O) groups excluding carboxylic acids is 2. The summed E-state index contributed by atoms with van der Waals surface area (Å²) in [5.41, 5.74) is 0.949. The molecule has 1 aromatic rings. The molecule has 150 valence electrons. The van der Waals surface area contributed by atoms with Crippen LogP contribution in [0, 0.1) is 0 Å². The number of piperidine rings is 1. The summed E-state index contributed by atoms with van der Waals surface area (Å²) >= 11 is 0. The number of aliphatic hydroxyl groups is 1. The van der Waals surface area contributed by atoms with Crippen molar-refractivity contribution in [2.75, 3.05) is 33.3 Å². The van der Waals surface area contributed by atoms with Crippen LogP contribution in [0.25, 0.3) is 0 Å². The maximum atomic E-state index is 12.9. The predicted molar refractivity (Wildman–Crippen MR) is 106 cm³/mol. The first-order valence-electron chi connectivity index (χ1n) is 9.98. The SMILES string of the molecule is CCCC(NC(=O)Cc1ccccc1)C(=O)N1CCC(N(C)CCO)CC1. The molecule has 1 atom stereocenters. The van der Waals surface area contributed by atoms with E-state index in [0.717, 1.165) is 24.8 Å². The first-order chi connectivity index (χ1) is 13.0. The molecule has 27 heavy (non-hydrogen) atoms. The molecule has 0 bridgehead atoms. The Balaban J connectivity index is 1.88. The summed E-state index contributed by atoms with van der Waals surface area (Å²) < 4.78 is 0. The Morgan fingerprint density at radius 2 is 1.93 bits per heavy atom. The Morgan fingerprint density at radius 3 is 2.52 bits per heavy atom. The average molecular weight is 376 g/mol. The monoisotopic (exact) mass is 375 g/mol. The molecule has 1 aromatic carbocycles. The van der Waals surface area contributed by atoms with Crippen molar-refractivity contribution < 1.29 is 14.7 Å². The number of nitrogens with zero attached hydrogens (tertiary/aromatic N) is 2. The molecule has 6 heteroatoms. The zero-order chi connectivity index (χ0) is 19.6. The highest BCUT2D eigenvalue weighted by Crippen LogP contribution is 2.17. The minimum Gasteiger partial charge on any atom is -0.395 e. The number of hydrogen-bond acceptors (Lipinski definition) is 4. The fraction of sp³-hybridized carbons (Fsp3) is 0.619. The Bertz CT molecular complexity index is 586. The van der Waals surface area contributed by atoms with Gasteiger partial charge in [0.2, 0.25) is 11.8 Å². The third-order valence-electron chi connectivity index (χ3n) is 5.27. The first kappa shape index (κ1) is 21.4. The highest BCUT2D eigenvalue weighted by Gasteiger charge is 2.29. The van der Waals surface area contributed by atoms with Gasteiger partial charge in [0.15, 0.2) is 0 Å². The van der Waals surface area contributed by atoms with Crippen molar-refractivity contribution in [1.82, 2.24) is 15.1 Å². The lowest BCUT2D eigenvalue weighted by Gasteiger charge is -2.38. The van der Waals surface area contributed by atoms with E-state index in [1.54, 1.807) is 0 Å². The number of likely N-dealkylation sites (N-methyl/N-ethyl adjacent to an activating group) is 1. The van der Waals surface area contributed by atoms with Gasteiger partial charge in [-0.1, -0.05) is 43.7 Å². The number of carbonyl (C=O) groups is 2. The van der Waals surface area contributed by atoms with Gasteiger partial charge in [0.25, 0.3) is 0 Å². The Labute approximate surface area is 162 Å². The van der Waals surface area contributed by atoms with Crippen molar-refractivity contribution >= 4 is 11.8 Å². The van der Waals surface area contributed by atoms with Crippen molar-refractivity contribution in [3.63, 3.8) is 0 Å². The van der Waals surface area contributed by atoms with Crippen LogP contribution < -0.4 is 5.32 Å². The summed E-state index contributed by atoms with van der Waals surface area (Å²) in [4.78, 5) is 29.4. The molecule has 2 rings (SSSR count). The van der Waals surface area contributed by atoms with E-state index in [1.165, 1.54) is 0 Å². The molecule has 2 amide bonds. The maximum Gasteiger partial charge on any atom is 0.245 e. The fourth-order valence-corrected chi connectivity index (χ4v) is 3.66. The number of rotatable bonds is 9. The van der Waals surface area contributed by atoms with Crippen LogP contribution >= 0.6 is 0 Å². The quantitative estimate of drug-likeness (QED) is 0.685. The topological polar surface area (TPSA) is 72.9 Å². The summed E-state index contributed by atoms with van der Waals surface area (Å²) in [6, 6.07) is 9.54. The van der Waals surface area contributed by atoms with E-state index in [2.05, 4.69) is 10.2 Å². The molecular formula is C21H33N3O3. The van der Waals surface area contributed by atoms with Crippen molar-refractivity contribution in [1.29, 1.82) is 0 Å². The molecule has 2 N–H and O–H groups in total. The molecule has 1 fully saturated rings. The zero-order valence-corrected chi connectivity index (χ0v) is 16.6. The number of benzene rings is 1. The van der Waals surface area contributed by atoms with E-state index in [0.29, 0.717) is 38.5 Å². The molecule has 0 saturated carbocycles. The van der Waals surface area contributed by atoms with Crippen LogP contribution in [0.1, 0.15) is 38.2 Å². The molecule has 0 radical (unpaired) electrons. The molecule has 1 saturated heterocycles. The molecular weight excluding hydrogens is 342 g/mol. The van der Waals surface area contributed by atoms with Crippen molar-refractivity contribution in [2.24, 2.45) is 0 Å². The van der Waals surface area contributed by atoms with Gasteiger partial charge in [0, 0.05) is 25.7 Å². The van der Waals surface area contributed by atoms with E-state index < -0.39 is 6.04 Å². The number of amides is 2. The predicted octanol–water partition coefficient (Wildman–Crippen LogP) is 1.43. The van der Waals surface area contributed by atoms with Gasteiger partial charge in [-0.25, -0.2) is 0 Å².